The zero-order chi connectivity index (χ0) is 16.0. The number of hydrogen-bond acceptors (Lipinski definition) is 4. The molecule has 0 saturated carbocycles. The van der Waals surface area contributed by atoms with Crippen molar-refractivity contribution in [1.82, 2.24) is 15.0 Å². The molecular weight excluding hydrogens is 288 g/mol. The summed E-state index contributed by atoms with van der Waals surface area (Å²) in [6.07, 6.45) is 5.48. The van der Waals surface area contributed by atoms with Crippen LogP contribution in [0.2, 0.25) is 0 Å². The number of aliphatic hydroxyl groups excluding tert-OH is 1. The average molecular weight is 308 g/mol. The van der Waals surface area contributed by atoms with Crippen LogP contribution in [0.5, 0.6) is 0 Å². The van der Waals surface area contributed by atoms with Gasteiger partial charge in [0.2, 0.25) is 0 Å². The van der Waals surface area contributed by atoms with Crippen molar-refractivity contribution >= 4 is 10.9 Å². The Morgan fingerprint density at radius 3 is 2.96 bits per heavy atom. The number of aromatic nitrogens is 3. The quantitative estimate of drug-likeness (QED) is 0.694. The molecule has 4 rings (SSSR count). The molecule has 2 heterocycles. The first-order valence-corrected chi connectivity index (χ1v) is 8.08. The molecule has 1 aliphatic rings. The Morgan fingerprint density at radius 1 is 1.35 bits per heavy atom. The van der Waals surface area contributed by atoms with Crippen LogP contribution < -0.4 is 5.73 Å². The largest absolute Gasteiger partial charge is 0.387 e. The molecule has 0 radical (unpaired) electrons. The molecule has 0 saturated heterocycles. The monoisotopic (exact) mass is 308 g/mol. The molecule has 0 bridgehead atoms. The zero-order valence-electron chi connectivity index (χ0n) is 13.1. The molecular formula is C18H20N4O. The third kappa shape index (κ3) is 2.33. The Hall–Kier alpha value is -2.24. The van der Waals surface area contributed by atoms with E-state index in [1.165, 1.54) is 16.5 Å². The first-order valence-electron chi connectivity index (χ1n) is 8.08. The van der Waals surface area contributed by atoms with Crippen molar-refractivity contribution in [3.63, 3.8) is 0 Å². The van der Waals surface area contributed by atoms with Gasteiger partial charge < -0.3 is 15.8 Å². The molecule has 3 aromatic rings. The van der Waals surface area contributed by atoms with Crippen LogP contribution in [0.4, 0.5) is 0 Å². The Labute approximate surface area is 134 Å². The van der Waals surface area contributed by atoms with Gasteiger partial charge in [-0.15, -0.1) is 0 Å². The molecule has 118 valence electrons. The van der Waals surface area contributed by atoms with Gasteiger partial charge in [0.25, 0.3) is 0 Å². The number of H-pyrrole nitrogens is 1. The van der Waals surface area contributed by atoms with Gasteiger partial charge >= 0.3 is 0 Å². The van der Waals surface area contributed by atoms with Gasteiger partial charge in [-0.05, 0) is 42.5 Å². The lowest BCUT2D eigenvalue weighted by Gasteiger charge is -2.06. The molecule has 0 unspecified atom stereocenters. The first kappa shape index (κ1) is 14.4. The van der Waals surface area contributed by atoms with Gasteiger partial charge in [-0.1, -0.05) is 13.0 Å². The highest BCUT2D eigenvalue weighted by Crippen LogP contribution is 2.36. The van der Waals surface area contributed by atoms with E-state index < -0.39 is 6.10 Å². The molecule has 2 atom stereocenters. The van der Waals surface area contributed by atoms with Crippen molar-refractivity contribution in [3.8, 4) is 11.4 Å². The smallest absolute Gasteiger partial charge is 0.105 e. The second-order valence-corrected chi connectivity index (χ2v) is 6.17. The van der Waals surface area contributed by atoms with E-state index in [1.54, 1.807) is 12.4 Å². The summed E-state index contributed by atoms with van der Waals surface area (Å²) in [6.45, 7) is 1.92. The van der Waals surface area contributed by atoms with E-state index in [1.807, 2.05) is 6.92 Å². The lowest BCUT2D eigenvalue weighted by molar-refractivity contribution is 0.168. The summed E-state index contributed by atoms with van der Waals surface area (Å²) in [6, 6.07) is 6.50. The van der Waals surface area contributed by atoms with E-state index in [9.17, 15) is 5.11 Å². The minimum absolute atomic E-state index is 0.155. The van der Waals surface area contributed by atoms with Crippen LogP contribution in [0.25, 0.3) is 22.3 Å². The van der Waals surface area contributed by atoms with Crippen LogP contribution in [-0.2, 0) is 6.42 Å². The fraction of sp³-hybridized carbons (Fsp3) is 0.333. The van der Waals surface area contributed by atoms with E-state index >= 15 is 0 Å². The van der Waals surface area contributed by atoms with Gasteiger partial charge in [0.1, 0.15) is 5.69 Å². The lowest BCUT2D eigenvalue weighted by Crippen LogP contribution is -2.04. The minimum atomic E-state index is -0.552. The van der Waals surface area contributed by atoms with Crippen molar-refractivity contribution in [1.29, 1.82) is 0 Å². The number of nitrogens with one attached hydrogen (secondary N) is 1. The van der Waals surface area contributed by atoms with E-state index in [-0.39, 0.29) is 6.04 Å². The molecule has 5 heteroatoms. The molecule has 4 N–H and O–H groups in total. The van der Waals surface area contributed by atoms with Crippen LogP contribution in [0.3, 0.4) is 0 Å². The van der Waals surface area contributed by atoms with Gasteiger partial charge in [0.05, 0.1) is 29.9 Å². The zero-order valence-corrected chi connectivity index (χ0v) is 13.1. The predicted octanol–water partition coefficient (Wildman–Crippen LogP) is 3.01. The molecule has 1 aliphatic carbocycles. The molecule has 23 heavy (non-hydrogen) atoms. The van der Waals surface area contributed by atoms with Gasteiger partial charge in [-0.3, -0.25) is 9.97 Å². The van der Waals surface area contributed by atoms with Gasteiger partial charge in [0.15, 0.2) is 0 Å². The highest BCUT2D eigenvalue weighted by Gasteiger charge is 2.22. The Bertz CT molecular complexity index is 853. The summed E-state index contributed by atoms with van der Waals surface area (Å²) in [5.41, 5.74) is 12.2. The van der Waals surface area contributed by atoms with Crippen molar-refractivity contribution in [2.45, 2.75) is 38.3 Å². The predicted molar refractivity (Wildman–Crippen MR) is 89.8 cm³/mol. The summed E-state index contributed by atoms with van der Waals surface area (Å²) in [5.74, 6) is 0. The highest BCUT2D eigenvalue weighted by molar-refractivity contribution is 5.89. The summed E-state index contributed by atoms with van der Waals surface area (Å²) in [7, 11) is 0. The van der Waals surface area contributed by atoms with Crippen molar-refractivity contribution in [3.05, 3.63) is 47.4 Å². The van der Waals surface area contributed by atoms with Crippen LogP contribution >= 0.6 is 0 Å². The number of rotatable bonds is 3. The maximum Gasteiger partial charge on any atom is 0.105 e. The Kier molecular flexibility index (Phi) is 3.39. The number of benzene rings is 1. The second-order valence-electron chi connectivity index (χ2n) is 6.17. The van der Waals surface area contributed by atoms with E-state index in [0.29, 0.717) is 12.1 Å². The molecule has 1 aromatic carbocycles. The second kappa shape index (κ2) is 5.44. The van der Waals surface area contributed by atoms with Crippen LogP contribution in [0.15, 0.2) is 30.6 Å². The number of aromatic amines is 1. The topological polar surface area (TPSA) is 87.8 Å². The third-order valence-electron chi connectivity index (χ3n) is 4.73. The fourth-order valence-electron chi connectivity index (χ4n) is 3.36. The number of hydrogen-bond donors (Lipinski definition) is 3. The normalized spacial score (nSPS) is 18.3. The number of aliphatic hydroxyl groups is 1. The van der Waals surface area contributed by atoms with Crippen molar-refractivity contribution in [2.24, 2.45) is 5.73 Å². The van der Waals surface area contributed by atoms with E-state index in [2.05, 4.69) is 33.2 Å². The minimum Gasteiger partial charge on any atom is -0.387 e. The van der Waals surface area contributed by atoms with Crippen LogP contribution in [0, 0.1) is 0 Å². The maximum atomic E-state index is 9.81. The summed E-state index contributed by atoms with van der Waals surface area (Å²) in [4.78, 5) is 12.2. The van der Waals surface area contributed by atoms with Gasteiger partial charge in [-0.25, -0.2) is 0 Å². The van der Waals surface area contributed by atoms with Crippen LogP contribution in [-0.4, -0.2) is 20.1 Å². The summed E-state index contributed by atoms with van der Waals surface area (Å²) in [5, 5.41) is 11.0. The summed E-state index contributed by atoms with van der Waals surface area (Å²) < 4.78 is 0. The number of fused-ring (bicyclic) bond motifs is 3. The number of nitrogens with two attached hydrogens (primary N) is 1. The van der Waals surface area contributed by atoms with Crippen molar-refractivity contribution in [2.75, 3.05) is 0 Å². The average Bonchev–Trinajstić information content (AvgIpc) is 3.18. The van der Waals surface area contributed by atoms with E-state index in [4.69, 9.17) is 5.73 Å². The molecule has 5 nitrogen and oxygen atoms in total. The maximum absolute atomic E-state index is 9.81. The molecule has 2 aromatic heterocycles. The molecule has 0 amide bonds. The molecule has 0 spiro atoms. The summed E-state index contributed by atoms with van der Waals surface area (Å²) >= 11 is 0. The standard InChI is InChI=1S/C18H20N4O/c1-2-18(23)17-9-20-16(8-21-17)15-7-12-10-3-5-13(19)11(10)4-6-14(12)22-15/h4,6-9,13,18,22-23H,2-3,5,19H2,1H3/t13-,18-/m1/s1. The molecule has 0 aliphatic heterocycles. The van der Waals surface area contributed by atoms with Crippen LogP contribution in [0.1, 0.15) is 48.7 Å². The van der Waals surface area contributed by atoms with Gasteiger partial charge in [0, 0.05) is 16.9 Å². The molecule has 0 fully saturated rings. The number of nitrogens with zero attached hydrogens (tertiary/aromatic N) is 2. The Morgan fingerprint density at radius 2 is 2.22 bits per heavy atom. The lowest BCUT2D eigenvalue weighted by atomic mass is 10.0. The third-order valence-corrected chi connectivity index (χ3v) is 4.73. The number of aryl methyl sites for hydroxylation is 1. The highest BCUT2D eigenvalue weighted by atomic mass is 16.3. The SMILES string of the molecule is CC[C@@H](O)c1cnc(-c2cc3c4c(ccc3[nH]2)[C@H](N)CC4)cn1. The van der Waals surface area contributed by atoms with E-state index in [0.717, 1.165) is 29.7 Å². The van der Waals surface area contributed by atoms with Gasteiger partial charge in [-0.2, -0.15) is 0 Å². The first-order chi connectivity index (χ1) is 11.2. The fourth-order valence-corrected chi connectivity index (χ4v) is 3.36. The Balaban J connectivity index is 1.75. The van der Waals surface area contributed by atoms with Crippen molar-refractivity contribution < 1.29 is 5.11 Å².